The van der Waals surface area contributed by atoms with Gasteiger partial charge in [-0.05, 0) is 19.4 Å². The molecule has 0 atom stereocenters. The van der Waals surface area contributed by atoms with E-state index in [4.69, 9.17) is 5.73 Å². The van der Waals surface area contributed by atoms with Crippen LogP contribution in [0.2, 0.25) is 0 Å². The van der Waals surface area contributed by atoms with Gasteiger partial charge in [0.2, 0.25) is 5.54 Å². The second-order valence-electron chi connectivity index (χ2n) is 3.67. The summed E-state index contributed by atoms with van der Waals surface area (Å²) >= 11 is 0. The number of nitro groups is 1. The van der Waals surface area contributed by atoms with Gasteiger partial charge in [-0.3, -0.25) is 10.1 Å². The van der Waals surface area contributed by atoms with Crippen molar-refractivity contribution in [2.45, 2.75) is 45.1 Å². The van der Waals surface area contributed by atoms with Crippen molar-refractivity contribution in [3.63, 3.8) is 0 Å². The van der Waals surface area contributed by atoms with E-state index in [0.717, 1.165) is 19.3 Å². The van der Waals surface area contributed by atoms with Gasteiger partial charge in [0.15, 0.2) is 0 Å². The van der Waals surface area contributed by atoms with Gasteiger partial charge in [0.25, 0.3) is 0 Å². The molecule has 4 heteroatoms. The van der Waals surface area contributed by atoms with Crippen molar-refractivity contribution in [3.05, 3.63) is 10.1 Å². The Hall–Kier alpha value is -0.640. The normalized spacial score (nSPS) is 11.6. The van der Waals surface area contributed by atoms with Gasteiger partial charge >= 0.3 is 0 Å². The molecule has 0 saturated heterocycles. The van der Waals surface area contributed by atoms with Crippen LogP contribution in [0.25, 0.3) is 0 Å². The van der Waals surface area contributed by atoms with Gasteiger partial charge in [0.05, 0.1) is 0 Å². The van der Waals surface area contributed by atoms with Gasteiger partial charge in [-0.15, -0.1) is 0 Å². The molecule has 0 aromatic carbocycles. The monoisotopic (exact) mass is 174 g/mol. The van der Waals surface area contributed by atoms with E-state index in [-0.39, 0.29) is 4.92 Å². The molecule has 0 saturated carbocycles. The SMILES string of the molecule is CC(C)(CCCCCN)[N+](=O)[O-]. The maximum Gasteiger partial charge on any atom is 0.216 e. The minimum absolute atomic E-state index is 0.213. The minimum Gasteiger partial charge on any atom is -0.330 e. The molecule has 0 unspecified atom stereocenters. The van der Waals surface area contributed by atoms with E-state index in [9.17, 15) is 10.1 Å². The molecule has 0 fully saturated rings. The molecule has 0 aromatic rings. The topological polar surface area (TPSA) is 69.2 Å². The zero-order valence-corrected chi connectivity index (χ0v) is 7.88. The average molecular weight is 174 g/mol. The quantitative estimate of drug-likeness (QED) is 0.377. The summed E-state index contributed by atoms with van der Waals surface area (Å²) < 4.78 is 0. The molecule has 72 valence electrons. The smallest absolute Gasteiger partial charge is 0.216 e. The predicted octanol–water partition coefficient (Wildman–Crippen LogP) is 1.56. The highest BCUT2D eigenvalue weighted by molar-refractivity contribution is 4.66. The fourth-order valence-corrected chi connectivity index (χ4v) is 0.970. The average Bonchev–Trinajstić information content (AvgIpc) is 1.98. The van der Waals surface area contributed by atoms with Crippen LogP contribution in [0.4, 0.5) is 0 Å². The lowest BCUT2D eigenvalue weighted by Gasteiger charge is -2.14. The van der Waals surface area contributed by atoms with Crippen LogP contribution in [-0.4, -0.2) is 17.0 Å². The zero-order chi connectivity index (χ0) is 9.61. The summed E-state index contributed by atoms with van der Waals surface area (Å²) in [6.45, 7) is 4.00. The zero-order valence-electron chi connectivity index (χ0n) is 7.88. The molecule has 0 aliphatic rings. The van der Waals surface area contributed by atoms with Crippen molar-refractivity contribution in [1.82, 2.24) is 0 Å². The molecule has 0 aliphatic carbocycles. The second-order valence-corrected chi connectivity index (χ2v) is 3.67. The van der Waals surface area contributed by atoms with Crippen molar-refractivity contribution in [2.75, 3.05) is 6.54 Å². The summed E-state index contributed by atoms with van der Waals surface area (Å²) in [6, 6.07) is 0. The standard InChI is InChI=1S/C8H18N2O2/c1-8(2,10(11)12)6-4-3-5-7-9/h3-7,9H2,1-2H3. The van der Waals surface area contributed by atoms with Crippen molar-refractivity contribution >= 4 is 0 Å². The molecule has 0 heterocycles. The number of rotatable bonds is 6. The molecule has 4 nitrogen and oxygen atoms in total. The molecular formula is C8H18N2O2. The summed E-state index contributed by atoms with van der Waals surface area (Å²) in [5.41, 5.74) is 4.54. The molecule has 0 aliphatic heterocycles. The molecule has 0 spiro atoms. The van der Waals surface area contributed by atoms with Crippen molar-refractivity contribution in [2.24, 2.45) is 5.73 Å². The summed E-state index contributed by atoms with van der Waals surface area (Å²) in [5, 5.41) is 10.5. The Bertz CT molecular complexity index is 146. The van der Waals surface area contributed by atoms with Crippen LogP contribution in [0.5, 0.6) is 0 Å². The van der Waals surface area contributed by atoms with Gasteiger partial charge in [0, 0.05) is 25.2 Å². The number of nitrogens with two attached hydrogens (primary N) is 1. The second kappa shape index (κ2) is 5.09. The van der Waals surface area contributed by atoms with E-state index in [0.29, 0.717) is 13.0 Å². The predicted molar refractivity (Wildman–Crippen MR) is 48.6 cm³/mol. The van der Waals surface area contributed by atoms with E-state index < -0.39 is 5.54 Å². The Labute approximate surface area is 73.3 Å². The first-order chi connectivity index (χ1) is 5.50. The number of hydrogen-bond donors (Lipinski definition) is 1. The van der Waals surface area contributed by atoms with E-state index in [1.165, 1.54) is 0 Å². The van der Waals surface area contributed by atoms with Crippen LogP contribution in [0.3, 0.4) is 0 Å². The lowest BCUT2D eigenvalue weighted by molar-refractivity contribution is -0.561. The van der Waals surface area contributed by atoms with Crippen LogP contribution in [0, 0.1) is 10.1 Å². The third kappa shape index (κ3) is 4.28. The maximum absolute atomic E-state index is 10.5. The Morgan fingerprint density at radius 2 is 1.92 bits per heavy atom. The Kier molecular flexibility index (Phi) is 4.81. The summed E-state index contributed by atoms with van der Waals surface area (Å²) in [4.78, 5) is 10.3. The minimum atomic E-state index is -0.769. The molecule has 0 rings (SSSR count). The van der Waals surface area contributed by atoms with E-state index in [2.05, 4.69) is 0 Å². The highest BCUT2D eigenvalue weighted by atomic mass is 16.6. The summed E-state index contributed by atoms with van der Waals surface area (Å²) in [7, 11) is 0. The Balaban J connectivity index is 3.54. The van der Waals surface area contributed by atoms with Gasteiger partial charge in [-0.1, -0.05) is 6.42 Å². The fourth-order valence-electron chi connectivity index (χ4n) is 0.970. The molecule has 0 amide bonds. The molecule has 0 radical (unpaired) electrons. The van der Waals surface area contributed by atoms with Gasteiger partial charge in [0.1, 0.15) is 0 Å². The van der Waals surface area contributed by atoms with E-state index >= 15 is 0 Å². The molecule has 12 heavy (non-hydrogen) atoms. The highest BCUT2D eigenvalue weighted by Gasteiger charge is 2.29. The van der Waals surface area contributed by atoms with Gasteiger partial charge in [-0.2, -0.15) is 0 Å². The van der Waals surface area contributed by atoms with E-state index in [1.54, 1.807) is 13.8 Å². The highest BCUT2D eigenvalue weighted by Crippen LogP contribution is 2.16. The molecule has 2 N–H and O–H groups in total. The van der Waals surface area contributed by atoms with Crippen LogP contribution in [0.1, 0.15) is 39.5 Å². The lowest BCUT2D eigenvalue weighted by Crippen LogP contribution is -2.30. The molecule has 0 aromatic heterocycles. The molecule has 0 bridgehead atoms. The molecular weight excluding hydrogens is 156 g/mol. The number of hydrogen-bond acceptors (Lipinski definition) is 3. The van der Waals surface area contributed by atoms with Crippen molar-refractivity contribution in [1.29, 1.82) is 0 Å². The first kappa shape index (κ1) is 11.4. The van der Waals surface area contributed by atoms with Crippen LogP contribution < -0.4 is 5.73 Å². The largest absolute Gasteiger partial charge is 0.330 e. The van der Waals surface area contributed by atoms with Gasteiger partial charge < -0.3 is 5.73 Å². The number of nitrogens with zero attached hydrogens (tertiary/aromatic N) is 1. The Morgan fingerprint density at radius 3 is 2.33 bits per heavy atom. The summed E-state index contributed by atoms with van der Waals surface area (Å²) in [5.74, 6) is 0. The number of unbranched alkanes of at least 4 members (excludes halogenated alkanes) is 2. The summed E-state index contributed by atoms with van der Waals surface area (Å²) in [6.07, 6.45) is 3.49. The van der Waals surface area contributed by atoms with Crippen LogP contribution in [0.15, 0.2) is 0 Å². The van der Waals surface area contributed by atoms with Crippen molar-refractivity contribution in [3.8, 4) is 0 Å². The van der Waals surface area contributed by atoms with E-state index in [1.807, 2.05) is 0 Å². The maximum atomic E-state index is 10.5. The van der Waals surface area contributed by atoms with Crippen molar-refractivity contribution < 1.29 is 4.92 Å². The Morgan fingerprint density at radius 1 is 1.33 bits per heavy atom. The lowest BCUT2D eigenvalue weighted by atomic mass is 9.98. The first-order valence-corrected chi connectivity index (χ1v) is 4.35. The van der Waals surface area contributed by atoms with Gasteiger partial charge in [-0.25, -0.2) is 0 Å². The third-order valence-corrected chi connectivity index (χ3v) is 1.99. The van der Waals surface area contributed by atoms with Crippen LogP contribution in [-0.2, 0) is 0 Å². The van der Waals surface area contributed by atoms with Crippen LogP contribution >= 0.6 is 0 Å². The fraction of sp³-hybridized carbons (Fsp3) is 1.00. The first-order valence-electron chi connectivity index (χ1n) is 4.35. The third-order valence-electron chi connectivity index (χ3n) is 1.99.